The number of anilines is 1. The quantitative estimate of drug-likeness (QED) is 0.477. The SMILES string of the molecule is CNCc1ccccc1NC(=O)N[C@H](CC(N)=O)C(=O)O. The second-order valence-corrected chi connectivity index (χ2v) is 4.35. The maximum absolute atomic E-state index is 11.8. The van der Waals surface area contributed by atoms with E-state index < -0.39 is 30.4 Å². The normalized spacial score (nSPS) is 11.5. The number of nitrogens with one attached hydrogen (secondary N) is 3. The Morgan fingerprint density at radius 1 is 1.29 bits per heavy atom. The average molecular weight is 294 g/mol. The molecule has 0 aliphatic heterocycles. The zero-order valence-corrected chi connectivity index (χ0v) is 11.6. The van der Waals surface area contributed by atoms with Gasteiger partial charge in [0.05, 0.1) is 6.42 Å². The topological polar surface area (TPSA) is 134 Å². The summed E-state index contributed by atoms with van der Waals surface area (Å²) < 4.78 is 0. The van der Waals surface area contributed by atoms with Crippen LogP contribution in [0.2, 0.25) is 0 Å². The summed E-state index contributed by atoms with van der Waals surface area (Å²) >= 11 is 0. The van der Waals surface area contributed by atoms with Crippen molar-refractivity contribution >= 4 is 23.6 Å². The number of hydrogen-bond acceptors (Lipinski definition) is 4. The molecule has 0 saturated carbocycles. The highest BCUT2D eigenvalue weighted by Crippen LogP contribution is 2.14. The summed E-state index contributed by atoms with van der Waals surface area (Å²) in [6.45, 7) is 0.542. The largest absolute Gasteiger partial charge is 0.480 e. The molecule has 0 aliphatic carbocycles. The van der Waals surface area contributed by atoms with Crippen molar-refractivity contribution in [1.29, 1.82) is 0 Å². The Labute approximate surface area is 121 Å². The zero-order chi connectivity index (χ0) is 15.8. The number of carbonyl (C=O) groups is 3. The molecule has 0 heterocycles. The summed E-state index contributed by atoms with van der Waals surface area (Å²) in [6, 6.07) is 5.00. The van der Waals surface area contributed by atoms with Gasteiger partial charge in [0.25, 0.3) is 0 Å². The Balaban J connectivity index is 2.72. The number of rotatable bonds is 7. The summed E-state index contributed by atoms with van der Waals surface area (Å²) in [7, 11) is 1.77. The van der Waals surface area contributed by atoms with Crippen LogP contribution in [0.4, 0.5) is 10.5 Å². The number of benzene rings is 1. The lowest BCUT2D eigenvalue weighted by Crippen LogP contribution is -2.45. The van der Waals surface area contributed by atoms with Gasteiger partial charge in [-0.15, -0.1) is 0 Å². The van der Waals surface area contributed by atoms with Gasteiger partial charge in [0.1, 0.15) is 6.04 Å². The third-order valence-corrected chi connectivity index (χ3v) is 2.64. The van der Waals surface area contributed by atoms with Crippen LogP contribution in [0.1, 0.15) is 12.0 Å². The molecule has 8 heteroatoms. The van der Waals surface area contributed by atoms with Gasteiger partial charge >= 0.3 is 12.0 Å². The van der Waals surface area contributed by atoms with Crippen LogP contribution >= 0.6 is 0 Å². The number of carbonyl (C=O) groups excluding carboxylic acids is 2. The van der Waals surface area contributed by atoms with E-state index in [-0.39, 0.29) is 0 Å². The van der Waals surface area contributed by atoms with E-state index in [2.05, 4.69) is 16.0 Å². The van der Waals surface area contributed by atoms with Crippen LogP contribution in [0.3, 0.4) is 0 Å². The molecular formula is C13H18N4O4. The molecule has 114 valence electrons. The molecule has 0 bridgehead atoms. The van der Waals surface area contributed by atoms with Crippen molar-refractivity contribution in [2.45, 2.75) is 19.0 Å². The molecule has 0 spiro atoms. The van der Waals surface area contributed by atoms with E-state index >= 15 is 0 Å². The highest BCUT2D eigenvalue weighted by Gasteiger charge is 2.22. The highest BCUT2D eigenvalue weighted by atomic mass is 16.4. The van der Waals surface area contributed by atoms with Crippen molar-refractivity contribution in [3.05, 3.63) is 29.8 Å². The Bertz CT molecular complexity index is 533. The van der Waals surface area contributed by atoms with Crippen LogP contribution in [0.25, 0.3) is 0 Å². The third-order valence-electron chi connectivity index (χ3n) is 2.64. The van der Waals surface area contributed by atoms with Gasteiger partial charge in [-0.3, -0.25) is 4.79 Å². The molecule has 1 rings (SSSR count). The summed E-state index contributed by atoms with van der Waals surface area (Å²) in [5.74, 6) is -2.13. The molecule has 0 aromatic heterocycles. The van der Waals surface area contributed by atoms with Crippen molar-refractivity contribution in [3.8, 4) is 0 Å². The second kappa shape index (κ2) is 7.85. The lowest BCUT2D eigenvalue weighted by Gasteiger charge is -2.15. The minimum Gasteiger partial charge on any atom is -0.480 e. The third kappa shape index (κ3) is 5.49. The van der Waals surface area contributed by atoms with Crippen LogP contribution in [0.15, 0.2) is 24.3 Å². The van der Waals surface area contributed by atoms with Crippen molar-refractivity contribution < 1.29 is 19.5 Å². The molecule has 0 aliphatic rings. The smallest absolute Gasteiger partial charge is 0.326 e. The monoisotopic (exact) mass is 294 g/mol. The number of aliphatic carboxylic acids is 1. The number of carboxylic acids is 1. The molecule has 3 amide bonds. The van der Waals surface area contributed by atoms with Crippen LogP contribution in [0.5, 0.6) is 0 Å². The molecule has 21 heavy (non-hydrogen) atoms. The van der Waals surface area contributed by atoms with E-state index in [0.717, 1.165) is 5.56 Å². The van der Waals surface area contributed by atoms with Gasteiger partial charge in [0, 0.05) is 12.2 Å². The lowest BCUT2D eigenvalue weighted by molar-refractivity contribution is -0.140. The van der Waals surface area contributed by atoms with E-state index in [1.54, 1.807) is 19.2 Å². The van der Waals surface area contributed by atoms with Crippen molar-refractivity contribution in [3.63, 3.8) is 0 Å². The number of para-hydroxylation sites is 1. The average Bonchev–Trinajstić information content (AvgIpc) is 2.40. The predicted molar refractivity (Wildman–Crippen MR) is 76.6 cm³/mol. The maximum atomic E-state index is 11.8. The fourth-order valence-corrected chi connectivity index (χ4v) is 1.70. The van der Waals surface area contributed by atoms with Gasteiger partial charge in [-0.2, -0.15) is 0 Å². The Hall–Kier alpha value is -2.61. The van der Waals surface area contributed by atoms with Crippen molar-refractivity contribution in [1.82, 2.24) is 10.6 Å². The zero-order valence-electron chi connectivity index (χ0n) is 11.6. The van der Waals surface area contributed by atoms with Gasteiger partial charge in [0.2, 0.25) is 5.91 Å². The molecule has 1 aromatic carbocycles. The van der Waals surface area contributed by atoms with E-state index in [1.807, 2.05) is 12.1 Å². The molecule has 0 radical (unpaired) electrons. The first kappa shape index (κ1) is 16.4. The predicted octanol–water partition coefficient (Wildman–Crippen LogP) is -0.144. The highest BCUT2D eigenvalue weighted by molar-refractivity contribution is 5.94. The number of primary amides is 1. The summed E-state index contributed by atoms with van der Waals surface area (Å²) in [5.41, 5.74) is 6.33. The first-order valence-electron chi connectivity index (χ1n) is 6.25. The minimum atomic E-state index is -1.36. The fourth-order valence-electron chi connectivity index (χ4n) is 1.70. The van der Waals surface area contributed by atoms with E-state index in [0.29, 0.717) is 12.2 Å². The fraction of sp³-hybridized carbons (Fsp3) is 0.308. The van der Waals surface area contributed by atoms with E-state index in [4.69, 9.17) is 10.8 Å². The second-order valence-electron chi connectivity index (χ2n) is 4.35. The number of amides is 3. The molecule has 1 aromatic rings. The van der Waals surface area contributed by atoms with Gasteiger partial charge in [-0.05, 0) is 18.7 Å². The first-order chi connectivity index (χ1) is 9.93. The van der Waals surface area contributed by atoms with Crippen molar-refractivity contribution in [2.24, 2.45) is 5.73 Å². The van der Waals surface area contributed by atoms with Crippen LogP contribution in [-0.2, 0) is 16.1 Å². The lowest BCUT2D eigenvalue weighted by atomic mass is 10.1. The van der Waals surface area contributed by atoms with Gasteiger partial charge in [-0.1, -0.05) is 18.2 Å². The van der Waals surface area contributed by atoms with Crippen LogP contribution in [-0.4, -0.2) is 36.1 Å². The molecule has 6 N–H and O–H groups in total. The van der Waals surface area contributed by atoms with Gasteiger partial charge < -0.3 is 26.8 Å². The van der Waals surface area contributed by atoms with E-state index in [1.165, 1.54) is 0 Å². The van der Waals surface area contributed by atoms with Crippen molar-refractivity contribution in [2.75, 3.05) is 12.4 Å². The number of carboxylic acid groups (broad SMARTS) is 1. The Kier molecular flexibility index (Phi) is 6.15. The van der Waals surface area contributed by atoms with Crippen LogP contribution in [0, 0.1) is 0 Å². The molecular weight excluding hydrogens is 276 g/mol. The van der Waals surface area contributed by atoms with E-state index in [9.17, 15) is 14.4 Å². The molecule has 8 nitrogen and oxygen atoms in total. The number of urea groups is 1. The number of hydrogen-bond donors (Lipinski definition) is 5. The molecule has 1 atom stereocenters. The van der Waals surface area contributed by atoms with Gasteiger partial charge in [-0.25, -0.2) is 9.59 Å². The summed E-state index contributed by atoms with van der Waals surface area (Å²) in [6.07, 6.45) is -0.471. The van der Waals surface area contributed by atoms with Gasteiger partial charge in [0.15, 0.2) is 0 Å². The minimum absolute atomic E-state index is 0.471. The maximum Gasteiger partial charge on any atom is 0.326 e. The molecule has 0 fully saturated rings. The molecule has 0 saturated heterocycles. The Morgan fingerprint density at radius 2 is 1.95 bits per heavy atom. The summed E-state index contributed by atoms with van der Waals surface area (Å²) in [4.78, 5) is 33.5. The Morgan fingerprint density at radius 3 is 2.52 bits per heavy atom. The standard InChI is InChI=1S/C13H18N4O4/c1-15-7-8-4-2-3-5-9(8)16-13(21)17-10(12(19)20)6-11(14)18/h2-5,10,15H,6-7H2,1H3,(H2,14,18)(H,19,20)(H2,16,17,21)/t10-/m1/s1. The molecule has 0 unspecified atom stereocenters. The van der Waals surface area contributed by atoms with Crippen LogP contribution < -0.4 is 21.7 Å². The number of nitrogens with two attached hydrogens (primary N) is 1. The first-order valence-corrected chi connectivity index (χ1v) is 6.25. The summed E-state index contributed by atoms with van der Waals surface area (Å²) in [5, 5.41) is 16.6.